The molecule has 1 aromatic heterocycles. The maximum atomic E-state index is 13.6. The van der Waals surface area contributed by atoms with Crippen molar-refractivity contribution in [3.8, 4) is 0 Å². The number of nitrogens with zero attached hydrogens (tertiary/aromatic N) is 2. The van der Waals surface area contributed by atoms with Gasteiger partial charge < -0.3 is 9.84 Å². The molecule has 0 bridgehead atoms. The van der Waals surface area contributed by atoms with Gasteiger partial charge in [-0.15, -0.1) is 0 Å². The minimum absolute atomic E-state index is 0.130. The molecule has 5 heteroatoms. The molecule has 2 heterocycles. The molecule has 1 aliphatic rings. The summed E-state index contributed by atoms with van der Waals surface area (Å²) in [7, 11) is 0. The van der Waals surface area contributed by atoms with Gasteiger partial charge in [0.25, 0.3) is 0 Å². The first kappa shape index (κ1) is 14.2. The zero-order valence-electron chi connectivity index (χ0n) is 12.2. The fourth-order valence-corrected chi connectivity index (χ4v) is 2.85. The molecule has 112 valence electrons. The van der Waals surface area contributed by atoms with Crippen LogP contribution in [0.5, 0.6) is 0 Å². The first-order chi connectivity index (χ1) is 10.3. The number of hydrogen-bond donors (Lipinski definition) is 1. The summed E-state index contributed by atoms with van der Waals surface area (Å²) in [6.45, 7) is 3.19. The second kappa shape index (κ2) is 6.35. The highest BCUT2D eigenvalue weighted by atomic mass is 19.1. The van der Waals surface area contributed by atoms with Crippen molar-refractivity contribution in [3.05, 3.63) is 47.4 Å². The Hall–Kier alpha value is -1.75. The van der Waals surface area contributed by atoms with E-state index in [-0.39, 0.29) is 11.9 Å². The van der Waals surface area contributed by atoms with E-state index in [1.807, 2.05) is 6.07 Å². The Morgan fingerprint density at radius 1 is 1.38 bits per heavy atom. The zero-order chi connectivity index (χ0) is 14.7. The number of halogens is 1. The van der Waals surface area contributed by atoms with Crippen LogP contribution in [0.3, 0.4) is 0 Å². The monoisotopic (exact) mass is 289 g/mol. The Labute approximate surface area is 123 Å². The van der Waals surface area contributed by atoms with Gasteiger partial charge in [-0.25, -0.2) is 4.39 Å². The van der Waals surface area contributed by atoms with Gasteiger partial charge in [0.05, 0.1) is 6.04 Å². The smallest absolute Gasteiger partial charge is 0.243 e. The highest BCUT2D eigenvalue weighted by molar-refractivity contribution is 5.20. The van der Waals surface area contributed by atoms with Crippen LogP contribution in [0.4, 0.5) is 4.39 Å². The molecule has 3 rings (SSSR count). The van der Waals surface area contributed by atoms with E-state index in [0.29, 0.717) is 29.6 Å². The normalized spacial score (nSPS) is 22.4. The van der Waals surface area contributed by atoms with Crippen LogP contribution in [-0.2, 0) is 6.42 Å². The van der Waals surface area contributed by atoms with Crippen molar-refractivity contribution in [2.24, 2.45) is 5.92 Å². The van der Waals surface area contributed by atoms with E-state index in [2.05, 4.69) is 22.4 Å². The van der Waals surface area contributed by atoms with Crippen molar-refractivity contribution < 1.29 is 8.91 Å². The molecule has 0 saturated carbocycles. The number of hydrogen-bond acceptors (Lipinski definition) is 4. The highest BCUT2D eigenvalue weighted by Gasteiger charge is 2.26. The van der Waals surface area contributed by atoms with Crippen molar-refractivity contribution in [2.45, 2.75) is 38.6 Å². The van der Waals surface area contributed by atoms with Crippen molar-refractivity contribution in [3.63, 3.8) is 0 Å². The molecule has 4 nitrogen and oxygen atoms in total. The average molecular weight is 289 g/mol. The predicted octanol–water partition coefficient (Wildman–Crippen LogP) is 3.25. The Balaban J connectivity index is 1.70. The summed E-state index contributed by atoms with van der Waals surface area (Å²) in [5.74, 6) is 1.64. The van der Waals surface area contributed by atoms with E-state index >= 15 is 0 Å². The van der Waals surface area contributed by atoms with Gasteiger partial charge in [0.15, 0.2) is 5.82 Å². The minimum Gasteiger partial charge on any atom is -0.338 e. The van der Waals surface area contributed by atoms with Gasteiger partial charge in [0, 0.05) is 6.42 Å². The number of aromatic nitrogens is 2. The van der Waals surface area contributed by atoms with E-state index in [9.17, 15) is 4.39 Å². The Morgan fingerprint density at radius 3 is 3.05 bits per heavy atom. The van der Waals surface area contributed by atoms with Crippen LogP contribution < -0.4 is 5.32 Å². The quantitative estimate of drug-likeness (QED) is 0.938. The summed E-state index contributed by atoms with van der Waals surface area (Å²) >= 11 is 0. The van der Waals surface area contributed by atoms with E-state index in [1.54, 1.807) is 12.1 Å². The third-order valence-corrected chi connectivity index (χ3v) is 4.18. The van der Waals surface area contributed by atoms with Crippen molar-refractivity contribution in [2.75, 3.05) is 6.54 Å². The average Bonchev–Trinajstić information content (AvgIpc) is 2.98. The van der Waals surface area contributed by atoms with Crippen LogP contribution in [0.1, 0.15) is 49.5 Å². The van der Waals surface area contributed by atoms with Gasteiger partial charge in [-0.3, -0.25) is 0 Å². The molecule has 0 spiro atoms. The van der Waals surface area contributed by atoms with E-state index in [0.717, 1.165) is 13.0 Å². The fourth-order valence-electron chi connectivity index (χ4n) is 2.85. The number of nitrogens with one attached hydrogen (secondary N) is 1. The molecule has 2 aromatic rings. The van der Waals surface area contributed by atoms with Gasteiger partial charge in [0.1, 0.15) is 5.82 Å². The summed E-state index contributed by atoms with van der Waals surface area (Å²) in [5.41, 5.74) is 0.591. The molecule has 1 fully saturated rings. The second-order valence-corrected chi connectivity index (χ2v) is 5.62. The molecule has 1 aliphatic heterocycles. The molecular weight excluding hydrogens is 269 g/mol. The number of benzene rings is 1. The van der Waals surface area contributed by atoms with Crippen LogP contribution in [0.2, 0.25) is 0 Å². The van der Waals surface area contributed by atoms with Crippen LogP contribution >= 0.6 is 0 Å². The third-order valence-electron chi connectivity index (χ3n) is 4.18. The SMILES string of the molecule is CCC1CCNC(c2nc(Cc3ccccc3F)no2)C1. The lowest BCUT2D eigenvalue weighted by atomic mass is 9.90. The Kier molecular flexibility index (Phi) is 4.29. The number of rotatable bonds is 4. The molecular formula is C16H20FN3O. The van der Waals surface area contributed by atoms with Crippen LogP contribution in [0, 0.1) is 11.7 Å². The molecule has 1 aromatic carbocycles. The largest absolute Gasteiger partial charge is 0.338 e. The fraction of sp³-hybridized carbons (Fsp3) is 0.500. The molecule has 0 amide bonds. The van der Waals surface area contributed by atoms with E-state index in [4.69, 9.17) is 4.52 Å². The molecule has 1 saturated heterocycles. The first-order valence-corrected chi connectivity index (χ1v) is 7.55. The van der Waals surface area contributed by atoms with Crippen molar-refractivity contribution in [1.29, 1.82) is 0 Å². The summed E-state index contributed by atoms with van der Waals surface area (Å²) in [5, 5.41) is 7.40. The van der Waals surface area contributed by atoms with Crippen LogP contribution in [-0.4, -0.2) is 16.7 Å². The maximum absolute atomic E-state index is 13.6. The summed E-state index contributed by atoms with van der Waals surface area (Å²) in [4.78, 5) is 4.43. The highest BCUT2D eigenvalue weighted by Crippen LogP contribution is 2.28. The first-order valence-electron chi connectivity index (χ1n) is 7.55. The minimum atomic E-state index is -0.231. The zero-order valence-corrected chi connectivity index (χ0v) is 12.2. The Morgan fingerprint density at radius 2 is 2.24 bits per heavy atom. The van der Waals surface area contributed by atoms with Crippen molar-refractivity contribution >= 4 is 0 Å². The van der Waals surface area contributed by atoms with E-state index < -0.39 is 0 Å². The van der Waals surface area contributed by atoms with Gasteiger partial charge in [-0.1, -0.05) is 36.7 Å². The molecule has 0 radical (unpaired) electrons. The van der Waals surface area contributed by atoms with Crippen molar-refractivity contribution in [1.82, 2.24) is 15.5 Å². The lowest BCUT2D eigenvalue weighted by Crippen LogP contribution is -2.31. The molecule has 21 heavy (non-hydrogen) atoms. The van der Waals surface area contributed by atoms with Gasteiger partial charge in [0.2, 0.25) is 5.89 Å². The molecule has 1 N–H and O–H groups in total. The van der Waals surface area contributed by atoms with Gasteiger partial charge >= 0.3 is 0 Å². The topological polar surface area (TPSA) is 51.0 Å². The number of piperidine rings is 1. The Bertz CT molecular complexity index is 599. The van der Waals surface area contributed by atoms with Crippen LogP contribution in [0.15, 0.2) is 28.8 Å². The van der Waals surface area contributed by atoms with Gasteiger partial charge in [-0.2, -0.15) is 4.98 Å². The van der Waals surface area contributed by atoms with Crippen LogP contribution in [0.25, 0.3) is 0 Å². The molecule has 2 atom stereocenters. The van der Waals surface area contributed by atoms with E-state index in [1.165, 1.54) is 18.9 Å². The lowest BCUT2D eigenvalue weighted by Gasteiger charge is -2.27. The second-order valence-electron chi connectivity index (χ2n) is 5.62. The molecule has 0 aliphatic carbocycles. The third kappa shape index (κ3) is 3.29. The van der Waals surface area contributed by atoms with Gasteiger partial charge in [-0.05, 0) is 36.9 Å². The summed E-state index contributed by atoms with van der Waals surface area (Å²) in [6, 6.07) is 6.82. The predicted molar refractivity (Wildman–Crippen MR) is 77.3 cm³/mol. The summed E-state index contributed by atoms with van der Waals surface area (Å²) < 4.78 is 19.0. The summed E-state index contributed by atoms with van der Waals surface area (Å²) in [6.07, 6.45) is 3.76. The molecule has 2 unspecified atom stereocenters. The standard InChI is InChI=1S/C16H20FN3O/c1-2-11-7-8-18-14(9-11)16-19-15(20-21-16)10-12-5-3-4-6-13(12)17/h3-6,11,14,18H,2,7-10H2,1H3. The maximum Gasteiger partial charge on any atom is 0.243 e. The lowest BCUT2D eigenvalue weighted by molar-refractivity contribution is 0.245.